The van der Waals surface area contributed by atoms with Gasteiger partial charge in [-0.25, -0.2) is 4.79 Å². The molecule has 0 aliphatic rings. The number of nitrogens with one attached hydrogen (secondary N) is 1. The van der Waals surface area contributed by atoms with Crippen molar-refractivity contribution < 1.29 is 14.3 Å². The highest BCUT2D eigenvalue weighted by molar-refractivity contribution is 6.34. The number of rotatable bonds is 4. The Morgan fingerprint density at radius 2 is 1.81 bits per heavy atom. The molecule has 0 fully saturated rings. The number of anilines is 1. The Labute approximate surface area is 129 Å². The first-order chi connectivity index (χ1) is 9.50. The number of ether oxygens (including phenoxy) is 1. The van der Waals surface area contributed by atoms with Gasteiger partial charge in [0.05, 0.1) is 28.8 Å². The lowest BCUT2D eigenvalue weighted by Gasteiger charge is -2.37. The Hall–Kier alpha value is -1.59. The molecule has 0 aliphatic heterocycles. The molecule has 116 valence electrons. The van der Waals surface area contributed by atoms with Crippen molar-refractivity contribution in [2.75, 3.05) is 12.4 Å². The van der Waals surface area contributed by atoms with Crippen LogP contribution in [0, 0.1) is 5.41 Å². The number of benzene rings is 1. The number of nitrogens with two attached hydrogens (primary N) is 1. The van der Waals surface area contributed by atoms with Crippen molar-refractivity contribution in [3.63, 3.8) is 0 Å². The molecule has 0 aliphatic carbocycles. The Bertz CT molecular complexity index is 563. The Morgan fingerprint density at radius 1 is 1.24 bits per heavy atom. The zero-order chi connectivity index (χ0) is 16.4. The predicted octanol–water partition coefficient (Wildman–Crippen LogP) is 2.83. The number of amides is 1. The van der Waals surface area contributed by atoms with E-state index in [-0.39, 0.29) is 5.91 Å². The highest BCUT2D eigenvalue weighted by atomic mass is 35.5. The van der Waals surface area contributed by atoms with Crippen LogP contribution < -0.4 is 11.1 Å². The number of esters is 1. The van der Waals surface area contributed by atoms with Crippen molar-refractivity contribution in [1.82, 2.24) is 0 Å². The molecule has 1 rings (SSSR count). The summed E-state index contributed by atoms with van der Waals surface area (Å²) in [6.07, 6.45) is 0. The third-order valence-electron chi connectivity index (χ3n) is 3.81. The quantitative estimate of drug-likeness (QED) is 0.838. The van der Waals surface area contributed by atoms with Gasteiger partial charge in [0.2, 0.25) is 5.91 Å². The van der Waals surface area contributed by atoms with Gasteiger partial charge in [-0.05, 0) is 45.9 Å². The second kappa shape index (κ2) is 6.03. The molecule has 0 bridgehead atoms. The molecule has 0 atom stereocenters. The highest BCUT2D eigenvalue weighted by Crippen LogP contribution is 2.31. The molecule has 6 heteroatoms. The normalized spacial score (nSPS) is 12.0. The Kier molecular flexibility index (Phi) is 5.02. The summed E-state index contributed by atoms with van der Waals surface area (Å²) in [6, 6.07) is 4.54. The van der Waals surface area contributed by atoms with E-state index in [0.29, 0.717) is 16.3 Å². The zero-order valence-electron chi connectivity index (χ0n) is 12.9. The Morgan fingerprint density at radius 3 is 2.29 bits per heavy atom. The van der Waals surface area contributed by atoms with Gasteiger partial charge in [0.1, 0.15) is 0 Å². The van der Waals surface area contributed by atoms with Crippen molar-refractivity contribution in [2.45, 2.75) is 33.2 Å². The lowest BCUT2D eigenvalue weighted by molar-refractivity contribution is -0.126. The lowest BCUT2D eigenvalue weighted by atomic mass is 9.74. The van der Waals surface area contributed by atoms with Gasteiger partial charge in [-0.15, -0.1) is 0 Å². The van der Waals surface area contributed by atoms with Gasteiger partial charge in [-0.2, -0.15) is 0 Å². The number of halogens is 1. The molecule has 0 aromatic heterocycles. The molecular formula is C15H21ClN2O3. The molecule has 1 amide bonds. The number of hydrogen-bond donors (Lipinski definition) is 2. The molecule has 0 saturated carbocycles. The minimum absolute atomic E-state index is 0.279. The van der Waals surface area contributed by atoms with Gasteiger partial charge < -0.3 is 15.8 Å². The molecule has 5 nitrogen and oxygen atoms in total. The van der Waals surface area contributed by atoms with Crippen molar-refractivity contribution in [1.29, 1.82) is 0 Å². The number of methoxy groups -OCH3 is 1. The molecule has 0 spiro atoms. The van der Waals surface area contributed by atoms with Crippen LogP contribution in [0.5, 0.6) is 0 Å². The fourth-order valence-corrected chi connectivity index (χ4v) is 1.60. The summed E-state index contributed by atoms with van der Waals surface area (Å²) in [5.41, 5.74) is 5.15. The van der Waals surface area contributed by atoms with Crippen molar-refractivity contribution in [2.24, 2.45) is 11.1 Å². The van der Waals surface area contributed by atoms with E-state index in [0.717, 1.165) is 0 Å². The fourth-order valence-electron chi connectivity index (χ4n) is 1.44. The molecule has 21 heavy (non-hydrogen) atoms. The van der Waals surface area contributed by atoms with Crippen LogP contribution >= 0.6 is 11.6 Å². The molecule has 0 unspecified atom stereocenters. The molecule has 0 radical (unpaired) electrons. The van der Waals surface area contributed by atoms with Crippen LogP contribution in [0.15, 0.2) is 18.2 Å². The summed E-state index contributed by atoms with van der Waals surface area (Å²) in [5.74, 6) is -0.778. The minimum Gasteiger partial charge on any atom is -0.465 e. The van der Waals surface area contributed by atoms with Crippen molar-refractivity contribution >= 4 is 29.2 Å². The molecule has 3 N–H and O–H groups in total. The molecule has 0 heterocycles. The van der Waals surface area contributed by atoms with Crippen LogP contribution in [-0.4, -0.2) is 24.5 Å². The van der Waals surface area contributed by atoms with Gasteiger partial charge >= 0.3 is 5.97 Å². The van der Waals surface area contributed by atoms with E-state index in [4.69, 9.17) is 17.3 Å². The van der Waals surface area contributed by atoms with Crippen LogP contribution in [0.4, 0.5) is 5.69 Å². The average Bonchev–Trinajstić information content (AvgIpc) is 2.38. The van der Waals surface area contributed by atoms with Crippen LogP contribution in [0.3, 0.4) is 0 Å². The van der Waals surface area contributed by atoms with Crippen molar-refractivity contribution in [3.05, 3.63) is 28.8 Å². The predicted molar refractivity (Wildman–Crippen MR) is 83.5 cm³/mol. The summed E-state index contributed by atoms with van der Waals surface area (Å²) in [7, 11) is 1.29. The smallest absolute Gasteiger partial charge is 0.337 e. The second-order valence-electron chi connectivity index (χ2n) is 5.99. The van der Waals surface area contributed by atoms with Gasteiger partial charge in [0.25, 0.3) is 0 Å². The van der Waals surface area contributed by atoms with Gasteiger partial charge in [0.15, 0.2) is 0 Å². The van der Waals surface area contributed by atoms with Crippen LogP contribution in [0.25, 0.3) is 0 Å². The molecule has 0 saturated heterocycles. The standard InChI is InChI=1S/C15H21ClN2O3/c1-14(2,15(3,4)17)13(20)18-11-8-9(12(19)21-5)6-7-10(11)16/h6-8H,17H2,1-5H3,(H,18,20). The van der Waals surface area contributed by atoms with E-state index < -0.39 is 16.9 Å². The summed E-state index contributed by atoms with van der Waals surface area (Å²) < 4.78 is 4.64. The van der Waals surface area contributed by atoms with Gasteiger partial charge in [0, 0.05) is 5.54 Å². The van der Waals surface area contributed by atoms with E-state index in [1.54, 1.807) is 27.7 Å². The topological polar surface area (TPSA) is 81.4 Å². The van der Waals surface area contributed by atoms with E-state index in [1.165, 1.54) is 25.3 Å². The summed E-state index contributed by atoms with van der Waals surface area (Å²) in [6.45, 7) is 7.05. The van der Waals surface area contributed by atoms with Gasteiger partial charge in [-0.1, -0.05) is 11.6 Å². The van der Waals surface area contributed by atoms with Crippen LogP contribution in [0.2, 0.25) is 5.02 Å². The third kappa shape index (κ3) is 3.74. The maximum absolute atomic E-state index is 12.4. The SMILES string of the molecule is COC(=O)c1ccc(Cl)c(NC(=O)C(C)(C)C(C)(C)N)c1. The fraction of sp³-hybridized carbons (Fsp3) is 0.467. The molecular weight excluding hydrogens is 292 g/mol. The largest absolute Gasteiger partial charge is 0.465 e. The lowest BCUT2D eigenvalue weighted by Crippen LogP contribution is -2.53. The summed E-state index contributed by atoms with van der Waals surface area (Å²) in [5, 5.41) is 3.05. The van der Waals surface area contributed by atoms with Gasteiger partial charge in [-0.3, -0.25) is 4.79 Å². The Balaban J connectivity index is 3.08. The van der Waals surface area contributed by atoms with Crippen LogP contribution in [0.1, 0.15) is 38.1 Å². The van der Waals surface area contributed by atoms with E-state index in [2.05, 4.69) is 10.1 Å². The first kappa shape index (κ1) is 17.5. The summed E-state index contributed by atoms with van der Waals surface area (Å²) in [4.78, 5) is 23.9. The number of hydrogen-bond acceptors (Lipinski definition) is 4. The average molecular weight is 313 g/mol. The first-order valence-corrected chi connectivity index (χ1v) is 6.86. The number of carbonyl (C=O) groups excluding carboxylic acids is 2. The van der Waals surface area contributed by atoms with E-state index in [1.807, 2.05) is 0 Å². The maximum atomic E-state index is 12.4. The monoisotopic (exact) mass is 312 g/mol. The first-order valence-electron chi connectivity index (χ1n) is 6.49. The molecule has 1 aromatic rings. The summed E-state index contributed by atoms with van der Waals surface area (Å²) >= 11 is 6.05. The van der Waals surface area contributed by atoms with E-state index >= 15 is 0 Å². The maximum Gasteiger partial charge on any atom is 0.337 e. The number of carbonyl (C=O) groups is 2. The van der Waals surface area contributed by atoms with Crippen molar-refractivity contribution in [3.8, 4) is 0 Å². The van der Waals surface area contributed by atoms with Crippen LogP contribution in [-0.2, 0) is 9.53 Å². The highest BCUT2D eigenvalue weighted by Gasteiger charge is 2.40. The van der Waals surface area contributed by atoms with E-state index in [9.17, 15) is 9.59 Å². The second-order valence-corrected chi connectivity index (χ2v) is 6.39. The zero-order valence-corrected chi connectivity index (χ0v) is 13.7. The molecule has 1 aromatic carbocycles. The third-order valence-corrected chi connectivity index (χ3v) is 4.14. The minimum atomic E-state index is -0.822.